The van der Waals surface area contributed by atoms with Gasteiger partial charge in [0, 0.05) is 53.3 Å². The van der Waals surface area contributed by atoms with Crippen LogP contribution in [-0.4, -0.2) is 58.7 Å². The van der Waals surface area contributed by atoms with Crippen LogP contribution in [0.5, 0.6) is 0 Å². The lowest BCUT2D eigenvalue weighted by Gasteiger charge is -2.33. The molecule has 2 aromatic carbocycles. The number of nitrogens with zero attached hydrogens (tertiary/aromatic N) is 2. The highest BCUT2D eigenvalue weighted by Gasteiger charge is 2.27. The Kier molecular flexibility index (Phi) is 8.32. The Labute approximate surface area is 223 Å². The molecule has 3 N–H and O–H groups in total. The number of nitrogens with one attached hydrogen (secondary N) is 2. The quantitative estimate of drug-likeness (QED) is 0.332. The van der Waals surface area contributed by atoms with Crippen molar-refractivity contribution >= 4 is 40.2 Å². The number of anilines is 1. The molecular weight excluding hydrogens is 488 g/mol. The van der Waals surface area contributed by atoms with E-state index in [9.17, 15) is 14.7 Å². The lowest BCUT2D eigenvalue weighted by molar-refractivity contribution is 0.0948. The minimum atomic E-state index is -0.984. The summed E-state index contributed by atoms with van der Waals surface area (Å²) in [4.78, 5) is 32.1. The van der Waals surface area contributed by atoms with E-state index in [-0.39, 0.29) is 12.5 Å². The van der Waals surface area contributed by atoms with Gasteiger partial charge in [-0.1, -0.05) is 23.7 Å². The summed E-state index contributed by atoms with van der Waals surface area (Å²) in [6.07, 6.45) is 3.95. The largest absolute Gasteiger partial charge is 0.465 e. The van der Waals surface area contributed by atoms with E-state index in [1.54, 1.807) is 6.07 Å². The Balaban J connectivity index is 1.44. The molecule has 37 heavy (non-hydrogen) atoms. The molecule has 0 saturated carbocycles. The van der Waals surface area contributed by atoms with Gasteiger partial charge in [0.05, 0.1) is 0 Å². The van der Waals surface area contributed by atoms with Crippen molar-refractivity contribution < 1.29 is 14.7 Å². The predicted octanol–water partition coefficient (Wildman–Crippen LogP) is 6.11. The first-order valence-corrected chi connectivity index (χ1v) is 13.4. The number of fused-ring (bicyclic) bond motifs is 1. The Morgan fingerprint density at radius 2 is 1.76 bits per heavy atom. The zero-order valence-corrected chi connectivity index (χ0v) is 22.7. The van der Waals surface area contributed by atoms with E-state index in [1.807, 2.05) is 32.9 Å². The summed E-state index contributed by atoms with van der Waals surface area (Å²) in [6.45, 7) is 8.59. The molecule has 3 aromatic rings. The minimum absolute atomic E-state index is 0.204. The van der Waals surface area contributed by atoms with Crippen LogP contribution in [0.25, 0.3) is 10.9 Å². The van der Waals surface area contributed by atoms with E-state index in [2.05, 4.69) is 39.5 Å². The summed E-state index contributed by atoms with van der Waals surface area (Å²) in [5, 5.41) is 14.1. The second-order valence-corrected chi connectivity index (χ2v) is 11.2. The Hall–Kier alpha value is -3.19. The van der Waals surface area contributed by atoms with Gasteiger partial charge in [0.1, 0.15) is 5.69 Å². The molecule has 0 unspecified atom stereocenters. The highest BCUT2D eigenvalue weighted by molar-refractivity contribution is 6.31. The Morgan fingerprint density at radius 1 is 1.05 bits per heavy atom. The second-order valence-electron chi connectivity index (χ2n) is 10.7. The van der Waals surface area contributed by atoms with Gasteiger partial charge in [-0.3, -0.25) is 4.79 Å². The molecule has 0 atom stereocenters. The third-order valence-electron chi connectivity index (χ3n) is 7.08. The summed E-state index contributed by atoms with van der Waals surface area (Å²) >= 11 is 6.26. The normalized spacial score (nSPS) is 14.1. The van der Waals surface area contributed by atoms with Gasteiger partial charge in [-0.2, -0.15) is 0 Å². The average molecular weight is 525 g/mol. The number of H-pyrrole nitrogens is 1. The molecule has 2 heterocycles. The van der Waals surface area contributed by atoms with Crippen molar-refractivity contribution in [2.75, 3.05) is 31.1 Å². The third kappa shape index (κ3) is 6.58. The van der Waals surface area contributed by atoms with Gasteiger partial charge in [-0.05, 0) is 94.3 Å². The van der Waals surface area contributed by atoms with Gasteiger partial charge >= 0.3 is 6.09 Å². The molecule has 4 rings (SSSR count). The SMILES string of the molecule is CC(C)(C)N(CCc1c(C(=O)NCCc2ccc(N3CCCCC3)cc2)[nH]c2ccc(Cl)cc12)C(=O)O. The molecule has 0 aliphatic carbocycles. The fourth-order valence-corrected chi connectivity index (χ4v) is 5.22. The first-order chi connectivity index (χ1) is 17.6. The molecule has 0 spiro atoms. The summed E-state index contributed by atoms with van der Waals surface area (Å²) in [5.74, 6) is -0.204. The number of carbonyl (C=O) groups is 2. The molecule has 1 saturated heterocycles. The molecule has 1 fully saturated rings. The molecule has 0 radical (unpaired) electrons. The van der Waals surface area contributed by atoms with Gasteiger partial charge in [0.25, 0.3) is 5.91 Å². The van der Waals surface area contributed by atoms with Gasteiger partial charge in [-0.15, -0.1) is 0 Å². The lowest BCUT2D eigenvalue weighted by atomic mass is 10.0. The van der Waals surface area contributed by atoms with Gasteiger partial charge < -0.3 is 25.2 Å². The molecular formula is C29H37ClN4O3. The number of carbonyl (C=O) groups excluding carboxylic acids is 1. The Bertz CT molecular complexity index is 1240. The molecule has 198 valence electrons. The van der Waals surface area contributed by atoms with Crippen LogP contribution in [-0.2, 0) is 12.8 Å². The molecule has 1 aliphatic rings. The predicted molar refractivity (Wildman–Crippen MR) is 150 cm³/mol. The molecule has 7 nitrogen and oxygen atoms in total. The fourth-order valence-electron chi connectivity index (χ4n) is 5.05. The van der Waals surface area contributed by atoms with Crippen LogP contribution in [0.2, 0.25) is 5.02 Å². The number of hydrogen-bond acceptors (Lipinski definition) is 3. The van der Waals surface area contributed by atoms with Gasteiger partial charge in [0.2, 0.25) is 0 Å². The van der Waals surface area contributed by atoms with Crippen molar-refractivity contribution in [1.29, 1.82) is 0 Å². The molecule has 1 aromatic heterocycles. The van der Waals surface area contributed by atoms with Gasteiger partial charge in [0.15, 0.2) is 0 Å². The van der Waals surface area contributed by atoms with Crippen molar-refractivity contribution in [3.05, 3.63) is 64.3 Å². The van der Waals surface area contributed by atoms with E-state index in [0.717, 1.165) is 36.0 Å². The standard InChI is InChI=1S/C29H37ClN4O3/c1-29(2,3)34(28(36)37)18-14-23-24-19-21(30)9-12-25(24)32-26(23)27(35)31-15-13-20-7-10-22(11-8-20)33-16-5-4-6-17-33/h7-12,19,32H,4-6,13-18H2,1-3H3,(H,31,35)(H,36,37). The highest BCUT2D eigenvalue weighted by Crippen LogP contribution is 2.27. The van der Waals surface area contributed by atoms with E-state index in [1.165, 1.54) is 35.4 Å². The van der Waals surface area contributed by atoms with Crippen LogP contribution in [0.3, 0.4) is 0 Å². The topological polar surface area (TPSA) is 88.7 Å². The number of hydrogen-bond donors (Lipinski definition) is 3. The average Bonchev–Trinajstić information content (AvgIpc) is 3.22. The summed E-state index contributed by atoms with van der Waals surface area (Å²) in [6, 6.07) is 14.1. The van der Waals surface area contributed by atoms with E-state index < -0.39 is 11.6 Å². The summed E-state index contributed by atoms with van der Waals surface area (Å²) in [5.41, 5.74) is 3.91. The molecule has 0 bridgehead atoms. The lowest BCUT2D eigenvalue weighted by Crippen LogP contribution is -2.46. The fraction of sp³-hybridized carbons (Fsp3) is 0.448. The van der Waals surface area contributed by atoms with E-state index in [0.29, 0.717) is 23.7 Å². The number of halogens is 1. The van der Waals surface area contributed by atoms with E-state index in [4.69, 9.17) is 11.6 Å². The zero-order valence-electron chi connectivity index (χ0n) is 21.9. The Morgan fingerprint density at radius 3 is 2.41 bits per heavy atom. The van der Waals surface area contributed by atoms with Crippen molar-refractivity contribution in [2.45, 2.75) is 58.4 Å². The van der Waals surface area contributed by atoms with Crippen molar-refractivity contribution in [2.24, 2.45) is 0 Å². The van der Waals surface area contributed by atoms with Crippen LogP contribution >= 0.6 is 11.6 Å². The maximum Gasteiger partial charge on any atom is 0.407 e. The van der Waals surface area contributed by atoms with Crippen LogP contribution in [0.1, 0.15) is 61.6 Å². The number of amides is 2. The van der Waals surface area contributed by atoms with Crippen molar-refractivity contribution in [3.8, 4) is 0 Å². The highest BCUT2D eigenvalue weighted by atomic mass is 35.5. The summed E-state index contributed by atoms with van der Waals surface area (Å²) < 4.78 is 0. The third-order valence-corrected chi connectivity index (χ3v) is 7.31. The number of rotatable bonds is 8. The van der Waals surface area contributed by atoms with Crippen molar-refractivity contribution in [1.82, 2.24) is 15.2 Å². The van der Waals surface area contributed by atoms with Crippen LogP contribution in [0, 0.1) is 0 Å². The molecule has 1 aliphatic heterocycles. The van der Waals surface area contributed by atoms with Crippen LogP contribution < -0.4 is 10.2 Å². The van der Waals surface area contributed by atoms with Gasteiger partial charge in [-0.25, -0.2) is 4.79 Å². The number of aromatic amines is 1. The maximum atomic E-state index is 13.2. The van der Waals surface area contributed by atoms with Crippen LogP contribution in [0.15, 0.2) is 42.5 Å². The zero-order chi connectivity index (χ0) is 26.6. The smallest absolute Gasteiger partial charge is 0.407 e. The second kappa shape index (κ2) is 11.5. The van der Waals surface area contributed by atoms with E-state index >= 15 is 0 Å². The number of carboxylic acid groups (broad SMARTS) is 1. The van der Waals surface area contributed by atoms with Crippen LogP contribution in [0.4, 0.5) is 10.5 Å². The van der Waals surface area contributed by atoms with Crippen molar-refractivity contribution in [3.63, 3.8) is 0 Å². The molecule has 8 heteroatoms. The number of benzene rings is 2. The molecule has 2 amide bonds. The number of piperidine rings is 1. The first kappa shape index (κ1) is 26.9. The first-order valence-electron chi connectivity index (χ1n) is 13.1. The summed E-state index contributed by atoms with van der Waals surface area (Å²) in [7, 11) is 0. The monoisotopic (exact) mass is 524 g/mol. The maximum absolute atomic E-state index is 13.2. The number of aromatic nitrogens is 1. The minimum Gasteiger partial charge on any atom is -0.465 e.